The number of nitrogens with zero attached hydrogens (tertiary/aromatic N) is 2. The number of benzene rings is 1. The summed E-state index contributed by atoms with van der Waals surface area (Å²) in [4.78, 5) is 4.30. The smallest absolute Gasteiger partial charge is 0.142 e. The van der Waals surface area contributed by atoms with Crippen LogP contribution in [0.3, 0.4) is 0 Å². The van der Waals surface area contributed by atoms with Gasteiger partial charge in [0, 0.05) is 32.9 Å². The number of aliphatic hydroxyl groups excluding tert-OH is 1. The van der Waals surface area contributed by atoms with Crippen LogP contribution in [0.1, 0.15) is 0 Å². The van der Waals surface area contributed by atoms with Gasteiger partial charge in [0.2, 0.25) is 0 Å². The number of aliphatic hydroxyl groups is 1. The van der Waals surface area contributed by atoms with E-state index in [0.29, 0.717) is 0 Å². The minimum absolute atomic E-state index is 0.757. The molecule has 1 rings (SSSR count). The molecule has 0 saturated carbocycles. The van der Waals surface area contributed by atoms with Gasteiger partial charge in [-0.3, -0.25) is 0 Å². The van der Waals surface area contributed by atoms with Crippen LogP contribution in [0.2, 0.25) is 0 Å². The fourth-order valence-electron chi connectivity index (χ4n) is 1.48. The fourth-order valence-corrected chi connectivity index (χ4v) is 1.48. The Morgan fingerprint density at radius 3 is 2.28 bits per heavy atom. The highest BCUT2D eigenvalue weighted by molar-refractivity contribution is 5.64. The van der Waals surface area contributed by atoms with E-state index in [9.17, 15) is 0 Å². The van der Waals surface area contributed by atoms with E-state index in [1.54, 1.807) is 7.11 Å². The molecular formula is C13H25N3O2. The van der Waals surface area contributed by atoms with Crippen LogP contribution in [0.4, 0.5) is 11.4 Å². The van der Waals surface area contributed by atoms with E-state index in [1.165, 1.54) is 0 Å². The number of nitrogen functional groups attached to an aromatic ring is 1. The molecule has 5 heteroatoms. The van der Waals surface area contributed by atoms with Crippen LogP contribution in [-0.4, -0.2) is 58.5 Å². The summed E-state index contributed by atoms with van der Waals surface area (Å²) < 4.78 is 5.32. The maximum absolute atomic E-state index is 7.00. The van der Waals surface area contributed by atoms with Crippen molar-refractivity contribution in [2.75, 3.05) is 59.1 Å². The number of hydrogen-bond donors (Lipinski definition) is 2. The zero-order valence-electron chi connectivity index (χ0n) is 12.0. The third-order valence-corrected chi connectivity index (χ3v) is 2.50. The van der Waals surface area contributed by atoms with E-state index >= 15 is 0 Å². The molecule has 0 amide bonds. The first-order valence-electron chi connectivity index (χ1n) is 5.78. The van der Waals surface area contributed by atoms with E-state index in [2.05, 4.69) is 23.9 Å². The van der Waals surface area contributed by atoms with Crippen molar-refractivity contribution in [3.8, 4) is 5.75 Å². The summed E-state index contributed by atoms with van der Waals surface area (Å²) in [7, 11) is 8.84. The molecule has 0 fully saturated rings. The summed E-state index contributed by atoms with van der Waals surface area (Å²) in [5, 5.41) is 7.00. The molecule has 0 unspecified atom stereocenters. The second-order valence-corrected chi connectivity index (χ2v) is 4.16. The van der Waals surface area contributed by atoms with Gasteiger partial charge in [-0.15, -0.1) is 0 Å². The van der Waals surface area contributed by atoms with Crippen molar-refractivity contribution in [1.29, 1.82) is 0 Å². The lowest BCUT2D eigenvalue weighted by Crippen LogP contribution is -2.28. The molecule has 0 aliphatic rings. The van der Waals surface area contributed by atoms with Gasteiger partial charge >= 0.3 is 0 Å². The lowest BCUT2D eigenvalue weighted by atomic mass is 10.2. The monoisotopic (exact) mass is 255 g/mol. The molecule has 0 aliphatic carbocycles. The molecule has 3 N–H and O–H groups in total. The van der Waals surface area contributed by atoms with Crippen LogP contribution in [0.25, 0.3) is 0 Å². The van der Waals surface area contributed by atoms with E-state index in [-0.39, 0.29) is 0 Å². The Morgan fingerprint density at radius 2 is 1.78 bits per heavy atom. The first-order chi connectivity index (χ1) is 8.54. The number of anilines is 2. The summed E-state index contributed by atoms with van der Waals surface area (Å²) in [6.45, 7) is 1.93. The predicted molar refractivity (Wildman–Crippen MR) is 77.4 cm³/mol. The first kappa shape index (κ1) is 16.5. The third-order valence-electron chi connectivity index (χ3n) is 2.50. The van der Waals surface area contributed by atoms with Crippen LogP contribution in [-0.2, 0) is 0 Å². The topological polar surface area (TPSA) is 62.0 Å². The summed E-state index contributed by atoms with van der Waals surface area (Å²) in [5.74, 6) is 0.857. The molecule has 0 saturated heterocycles. The fraction of sp³-hybridized carbons (Fsp3) is 0.538. The molecule has 1 aromatic carbocycles. The van der Waals surface area contributed by atoms with Gasteiger partial charge in [-0.2, -0.15) is 0 Å². The largest absolute Gasteiger partial charge is 0.495 e. The molecule has 1 aromatic rings. The van der Waals surface area contributed by atoms with Gasteiger partial charge in [0.15, 0.2) is 0 Å². The van der Waals surface area contributed by atoms with Crippen LogP contribution >= 0.6 is 0 Å². The normalized spacial score (nSPS) is 9.72. The Labute approximate surface area is 110 Å². The number of methoxy groups -OCH3 is 1. The molecule has 0 heterocycles. The lowest BCUT2D eigenvalue weighted by Gasteiger charge is -2.23. The molecule has 104 valence electrons. The van der Waals surface area contributed by atoms with Crippen LogP contribution < -0.4 is 15.4 Å². The first-order valence-corrected chi connectivity index (χ1v) is 5.78. The summed E-state index contributed by atoms with van der Waals surface area (Å²) in [6, 6.07) is 5.69. The van der Waals surface area contributed by atoms with Gasteiger partial charge in [-0.05, 0) is 32.3 Å². The molecule has 0 radical (unpaired) electrons. The van der Waals surface area contributed by atoms with Crippen LogP contribution in [0.15, 0.2) is 18.2 Å². The molecule has 0 bridgehead atoms. The van der Waals surface area contributed by atoms with Gasteiger partial charge in [-0.25, -0.2) is 0 Å². The highest BCUT2D eigenvalue weighted by Crippen LogP contribution is 2.29. The maximum Gasteiger partial charge on any atom is 0.142 e. The Bertz CT molecular complexity index is 343. The highest BCUT2D eigenvalue weighted by atomic mass is 16.5. The van der Waals surface area contributed by atoms with Gasteiger partial charge in [0.25, 0.3) is 0 Å². The van der Waals surface area contributed by atoms with Crippen molar-refractivity contribution in [3.63, 3.8) is 0 Å². The maximum atomic E-state index is 7.00. The van der Waals surface area contributed by atoms with Gasteiger partial charge in [-0.1, -0.05) is 0 Å². The van der Waals surface area contributed by atoms with Crippen molar-refractivity contribution in [3.05, 3.63) is 18.2 Å². The lowest BCUT2D eigenvalue weighted by molar-refractivity contribution is 0.399. The quantitative estimate of drug-likeness (QED) is 0.765. The van der Waals surface area contributed by atoms with Crippen molar-refractivity contribution in [2.45, 2.75) is 0 Å². The van der Waals surface area contributed by atoms with Crippen LogP contribution in [0, 0.1) is 0 Å². The molecular weight excluding hydrogens is 230 g/mol. The van der Waals surface area contributed by atoms with Crippen LogP contribution in [0.5, 0.6) is 5.75 Å². The van der Waals surface area contributed by atoms with E-state index in [1.807, 2.05) is 25.2 Å². The number of likely N-dealkylation sites (N-methyl/N-ethyl adjacent to an activating group) is 2. The Morgan fingerprint density at radius 1 is 1.17 bits per heavy atom. The summed E-state index contributed by atoms with van der Waals surface area (Å²) in [6.07, 6.45) is 0. The zero-order chi connectivity index (χ0) is 14.1. The van der Waals surface area contributed by atoms with Crippen molar-refractivity contribution >= 4 is 11.4 Å². The number of rotatable bonds is 5. The van der Waals surface area contributed by atoms with E-state index < -0.39 is 0 Å². The van der Waals surface area contributed by atoms with E-state index in [4.69, 9.17) is 15.6 Å². The van der Waals surface area contributed by atoms with Gasteiger partial charge < -0.3 is 25.4 Å². The number of ether oxygens (including phenoxy) is 1. The Kier molecular flexibility index (Phi) is 7.91. The average Bonchev–Trinajstić information content (AvgIpc) is 2.38. The highest BCUT2D eigenvalue weighted by Gasteiger charge is 2.08. The molecule has 0 aliphatic heterocycles. The second kappa shape index (κ2) is 8.60. The molecule has 18 heavy (non-hydrogen) atoms. The van der Waals surface area contributed by atoms with Crippen molar-refractivity contribution < 1.29 is 9.84 Å². The number of nitrogens with two attached hydrogens (primary N) is 1. The van der Waals surface area contributed by atoms with Gasteiger partial charge in [0.05, 0.1) is 12.8 Å². The minimum Gasteiger partial charge on any atom is -0.495 e. The van der Waals surface area contributed by atoms with Crippen molar-refractivity contribution in [1.82, 2.24) is 4.90 Å². The SMILES string of the molecule is CO.COc1ccc(N)cc1N(C)CCN(C)C. The Hall–Kier alpha value is -1.46. The Balaban J connectivity index is 0.00000137. The van der Waals surface area contributed by atoms with E-state index in [0.717, 1.165) is 37.3 Å². The van der Waals surface area contributed by atoms with Crippen molar-refractivity contribution in [2.24, 2.45) is 0 Å². The summed E-state index contributed by atoms with van der Waals surface area (Å²) in [5.41, 5.74) is 7.57. The van der Waals surface area contributed by atoms with Gasteiger partial charge in [0.1, 0.15) is 5.75 Å². The molecule has 0 aromatic heterocycles. The third kappa shape index (κ3) is 5.25. The number of hydrogen-bond acceptors (Lipinski definition) is 5. The second-order valence-electron chi connectivity index (χ2n) is 4.16. The molecule has 5 nitrogen and oxygen atoms in total. The zero-order valence-corrected chi connectivity index (χ0v) is 12.0. The summed E-state index contributed by atoms with van der Waals surface area (Å²) >= 11 is 0. The standard InChI is InChI=1S/C12H21N3O.CH4O/c1-14(2)7-8-15(3)11-9-10(13)5-6-12(11)16-4;1-2/h5-6,9H,7-8,13H2,1-4H3;2H,1H3. The minimum atomic E-state index is 0.757. The predicted octanol–water partition coefficient (Wildman–Crippen LogP) is 0.884. The molecule has 0 atom stereocenters. The molecule has 0 spiro atoms. The average molecular weight is 255 g/mol.